The van der Waals surface area contributed by atoms with E-state index in [0.717, 1.165) is 160 Å². The minimum absolute atomic E-state index is 0.103. The minimum Gasteiger partial charge on any atom is -0.493 e. The molecule has 1 atom stereocenters. The standard InChI is InChI=1S/C26H32N4O4.2C24H31N5O4/c1-4-6-21-23-24(30(3)29-21)26(33)28-25(27-23)20-14-18(11-12-22(20)34-5-2)17-9-7-16(8-10-17)13-19(32)15-31;2*1-4-6-18-20-21(29(3)27-18)24(31)26-22(25-20)17-13-16(11-12-19(17)33-5-2)14-7-9-15(10-8-14)23(30)28-32/h9,11-12,14,16,31H,4-8,10,13,15H2,1-3H3,(H,27,28,33);2*11-15,32H,4-10H2,1-3H3,(H,28,30)(H,25,26,31). The van der Waals surface area contributed by atoms with Gasteiger partial charge < -0.3 is 34.3 Å². The average molecular weight is 1370 g/mol. The van der Waals surface area contributed by atoms with Crippen molar-refractivity contribution in [3.05, 3.63) is 126 Å². The number of aromatic amines is 3. The lowest BCUT2D eigenvalue weighted by molar-refractivity contribution is -0.135. The summed E-state index contributed by atoms with van der Waals surface area (Å²) in [6.07, 6.45) is 16.4. The molecule has 12 rings (SSSR count). The maximum Gasteiger partial charge on any atom is 0.277 e. The van der Waals surface area contributed by atoms with Crippen LogP contribution in [-0.2, 0) is 54.8 Å². The first-order valence-corrected chi connectivity index (χ1v) is 35.3. The van der Waals surface area contributed by atoms with Crippen LogP contribution in [0.3, 0.4) is 0 Å². The molecule has 6 aromatic heterocycles. The SMILES string of the molecule is CCCc1nn(C)c2c(=O)[nH]c(-c3cc(C4=CCC(CC(=O)CO)CC4)ccc3OCC)nc12.CCCc1nn(C)c2c(=O)[nH]c(-c3cc(C4CCC(C(=O)NO)CC4)ccc3OCC)nc12.CCCc1nn(C)c2c(=O)[nH]c(-c3cc(C4CCC(C(=O)NO)CC4)ccc3OCC)nc12. The van der Waals surface area contributed by atoms with Crippen LogP contribution in [0, 0.1) is 17.8 Å². The van der Waals surface area contributed by atoms with Gasteiger partial charge in [-0.2, -0.15) is 15.3 Å². The number of aryl methyl sites for hydroxylation is 6. The lowest BCUT2D eigenvalue weighted by atomic mass is 9.78. The Labute approximate surface area is 579 Å². The Morgan fingerprint density at radius 2 is 0.890 bits per heavy atom. The number of nitrogens with one attached hydrogen (secondary N) is 5. The highest BCUT2D eigenvalue weighted by molar-refractivity contribution is 5.84. The van der Waals surface area contributed by atoms with E-state index < -0.39 is 0 Å². The van der Waals surface area contributed by atoms with Gasteiger partial charge in [-0.25, -0.2) is 25.9 Å². The van der Waals surface area contributed by atoms with Crippen LogP contribution in [0.2, 0.25) is 0 Å². The van der Waals surface area contributed by atoms with Gasteiger partial charge in [-0.1, -0.05) is 64.3 Å². The molecule has 0 bridgehead atoms. The largest absolute Gasteiger partial charge is 0.493 e. The van der Waals surface area contributed by atoms with E-state index >= 15 is 0 Å². The number of H-pyrrole nitrogens is 3. The fourth-order valence-corrected chi connectivity index (χ4v) is 14.4. The highest BCUT2D eigenvalue weighted by atomic mass is 16.5. The summed E-state index contributed by atoms with van der Waals surface area (Å²) in [7, 11) is 5.29. The first-order valence-electron chi connectivity index (χ1n) is 35.3. The number of fused-ring (bicyclic) bond motifs is 3. The smallest absolute Gasteiger partial charge is 0.277 e. The van der Waals surface area contributed by atoms with Crippen LogP contribution in [0.25, 0.3) is 72.8 Å². The summed E-state index contributed by atoms with van der Waals surface area (Å²) in [5.41, 5.74) is 15.3. The number of carbonyl (C=O) groups excluding carboxylic acids is 3. The second-order valence-electron chi connectivity index (χ2n) is 26.1. The molecule has 3 aliphatic carbocycles. The summed E-state index contributed by atoms with van der Waals surface area (Å²) in [5.74, 6) is 3.20. The van der Waals surface area contributed by atoms with Gasteiger partial charge >= 0.3 is 0 Å². The number of allylic oxidation sites excluding steroid dienone is 2. The van der Waals surface area contributed by atoms with Crippen molar-refractivity contribution in [2.45, 2.75) is 169 Å². The zero-order valence-corrected chi connectivity index (χ0v) is 58.8. The topological polar surface area (TPSA) is 354 Å². The van der Waals surface area contributed by atoms with Crippen molar-refractivity contribution in [2.24, 2.45) is 38.9 Å². The number of rotatable bonds is 23. The highest BCUT2D eigenvalue weighted by Gasteiger charge is 2.31. The van der Waals surface area contributed by atoms with E-state index in [4.69, 9.17) is 44.7 Å². The predicted molar refractivity (Wildman–Crippen MR) is 380 cm³/mol. The number of aliphatic hydroxyl groups is 1. The van der Waals surface area contributed by atoms with E-state index in [1.54, 1.807) is 46.1 Å². The predicted octanol–water partition coefficient (Wildman–Crippen LogP) is 10.7. The second kappa shape index (κ2) is 33.5. The molecule has 2 fully saturated rings. The number of benzene rings is 3. The fraction of sp³-hybridized carbons (Fsp3) is 0.486. The molecule has 0 spiro atoms. The zero-order valence-electron chi connectivity index (χ0n) is 58.8. The summed E-state index contributed by atoms with van der Waals surface area (Å²) >= 11 is 0. The molecule has 0 aliphatic heterocycles. The number of hydroxylamine groups is 2. The number of ether oxygens (including phenoxy) is 3. The number of amides is 2. The van der Waals surface area contributed by atoms with E-state index in [-0.39, 0.29) is 70.5 Å². The molecule has 0 radical (unpaired) electrons. The van der Waals surface area contributed by atoms with Crippen molar-refractivity contribution < 1.29 is 44.1 Å². The van der Waals surface area contributed by atoms with Crippen molar-refractivity contribution in [3.8, 4) is 51.4 Å². The first-order chi connectivity index (χ1) is 48.4. The quantitative estimate of drug-likeness (QED) is 0.0218. The van der Waals surface area contributed by atoms with Gasteiger partial charge in [0.1, 0.15) is 57.9 Å². The molecule has 6 heterocycles. The van der Waals surface area contributed by atoms with Gasteiger partial charge in [0.25, 0.3) is 16.7 Å². The minimum atomic E-state index is -0.387. The maximum atomic E-state index is 13.0. The number of hydrogen-bond acceptors (Lipinski definition) is 18. The Balaban J connectivity index is 0.000000162. The Hall–Kier alpha value is -9.66. The maximum absolute atomic E-state index is 13.0. The van der Waals surface area contributed by atoms with Gasteiger partial charge in [0.2, 0.25) is 11.8 Å². The number of ketones is 1. The van der Waals surface area contributed by atoms with Crippen LogP contribution < -0.4 is 41.8 Å². The summed E-state index contributed by atoms with van der Waals surface area (Å²) < 4.78 is 22.4. The van der Waals surface area contributed by atoms with Gasteiger partial charge in [-0.15, -0.1) is 0 Å². The first kappa shape index (κ1) is 73.1. The zero-order chi connectivity index (χ0) is 71.3. The van der Waals surface area contributed by atoms with Crippen LogP contribution in [-0.4, -0.2) is 119 Å². The monoisotopic (exact) mass is 1370 g/mol. The van der Waals surface area contributed by atoms with E-state index in [9.17, 15) is 28.8 Å². The molecule has 2 saturated carbocycles. The van der Waals surface area contributed by atoms with Crippen LogP contribution in [0.5, 0.6) is 17.2 Å². The third-order valence-electron chi connectivity index (χ3n) is 19.3. The molecule has 26 nitrogen and oxygen atoms in total. The van der Waals surface area contributed by atoms with Gasteiger partial charge in [0.05, 0.1) is 53.6 Å². The number of aliphatic hydroxyl groups excluding tert-OH is 1. The number of aromatic nitrogens is 12. The van der Waals surface area contributed by atoms with Crippen molar-refractivity contribution in [3.63, 3.8) is 0 Å². The van der Waals surface area contributed by atoms with E-state index in [2.05, 4.69) is 69.2 Å². The molecule has 3 aliphatic rings. The third kappa shape index (κ3) is 16.3. The normalized spacial score (nSPS) is 17.6. The van der Waals surface area contributed by atoms with Gasteiger partial charge in [-0.3, -0.25) is 53.2 Å². The van der Waals surface area contributed by atoms with Crippen molar-refractivity contribution >= 4 is 56.3 Å². The van der Waals surface area contributed by atoms with Crippen LogP contribution in [0.15, 0.2) is 75.1 Å². The molecule has 3 aromatic carbocycles. The second-order valence-corrected chi connectivity index (χ2v) is 26.1. The molecule has 9 aromatic rings. The van der Waals surface area contributed by atoms with Crippen LogP contribution >= 0.6 is 0 Å². The Bertz CT molecular complexity index is 4430. The highest BCUT2D eigenvalue weighted by Crippen LogP contribution is 2.42. The van der Waals surface area contributed by atoms with Gasteiger partial charge in [0.15, 0.2) is 22.3 Å². The Morgan fingerprint density at radius 1 is 0.520 bits per heavy atom. The summed E-state index contributed by atoms with van der Waals surface area (Å²) in [6, 6.07) is 18.0. The molecule has 8 N–H and O–H groups in total. The Kier molecular flexibility index (Phi) is 24.5. The molecule has 2 amide bonds. The lowest BCUT2D eigenvalue weighted by Gasteiger charge is -2.28. The average Bonchev–Trinajstić information content (AvgIpc) is 1.54. The lowest BCUT2D eigenvalue weighted by Crippen LogP contribution is -2.30. The fourth-order valence-electron chi connectivity index (χ4n) is 14.4. The van der Waals surface area contributed by atoms with Crippen LogP contribution in [0.1, 0.15) is 183 Å². The third-order valence-corrected chi connectivity index (χ3v) is 19.3. The van der Waals surface area contributed by atoms with Crippen molar-refractivity contribution in [1.29, 1.82) is 0 Å². The number of carbonyl (C=O) groups is 3. The molecule has 26 heteroatoms. The van der Waals surface area contributed by atoms with E-state index in [1.807, 2.05) is 63.2 Å². The molecule has 100 heavy (non-hydrogen) atoms. The van der Waals surface area contributed by atoms with E-state index in [1.165, 1.54) is 5.57 Å². The summed E-state index contributed by atoms with van der Waals surface area (Å²) in [4.78, 5) is 97.2. The van der Waals surface area contributed by atoms with Gasteiger partial charge in [0, 0.05) is 39.4 Å². The molecule has 0 saturated heterocycles. The van der Waals surface area contributed by atoms with Crippen molar-refractivity contribution in [1.82, 2.24) is 70.2 Å². The molecule has 532 valence electrons. The Morgan fingerprint density at radius 3 is 1.22 bits per heavy atom. The number of nitrogens with zero attached hydrogens (tertiary/aromatic N) is 9. The molecular formula is C74H94N14O12. The van der Waals surface area contributed by atoms with Gasteiger partial charge in [-0.05, 0) is 187 Å². The number of Topliss-reactive ketones (excluding diaryl/α,β-unsaturated/α-hetero) is 1. The van der Waals surface area contributed by atoms with Crippen LogP contribution in [0.4, 0.5) is 0 Å². The summed E-state index contributed by atoms with van der Waals surface area (Å²) in [6.45, 7) is 13.1. The molecule has 1 unspecified atom stereocenters. The number of hydrogen-bond donors (Lipinski definition) is 8. The molecular weight excluding hydrogens is 1280 g/mol. The van der Waals surface area contributed by atoms with E-state index in [0.29, 0.717) is 94.1 Å². The van der Waals surface area contributed by atoms with Crippen molar-refractivity contribution in [2.75, 3.05) is 26.4 Å². The summed E-state index contributed by atoms with van der Waals surface area (Å²) in [5, 5.41) is 40.4.